The van der Waals surface area contributed by atoms with E-state index in [4.69, 9.17) is 9.15 Å². The molecule has 1 aromatic heterocycles. The Labute approximate surface area is 145 Å². The first kappa shape index (κ1) is 17.2. The third-order valence-corrected chi connectivity index (χ3v) is 5.29. The van der Waals surface area contributed by atoms with Crippen LogP contribution in [0.25, 0.3) is 0 Å². The van der Waals surface area contributed by atoms with E-state index < -0.39 is 0 Å². The minimum Gasteiger partial charge on any atom is -0.468 e. The van der Waals surface area contributed by atoms with Gasteiger partial charge in [-0.3, -0.25) is 0 Å². The van der Waals surface area contributed by atoms with Crippen molar-refractivity contribution in [2.75, 3.05) is 13.2 Å². The van der Waals surface area contributed by atoms with E-state index >= 15 is 0 Å². The van der Waals surface area contributed by atoms with Crippen molar-refractivity contribution in [3.05, 3.63) is 60.1 Å². The molecule has 0 spiro atoms. The predicted octanol–water partition coefficient (Wildman–Crippen LogP) is 4.53. The van der Waals surface area contributed by atoms with Gasteiger partial charge in [0, 0.05) is 12.0 Å². The average Bonchev–Trinajstić information content (AvgIpc) is 3.13. The first-order valence-corrected chi connectivity index (χ1v) is 9.10. The highest BCUT2D eigenvalue weighted by atomic mass is 16.5. The molecule has 1 aliphatic heterocycles. The van der Waals surface area contributed by atoms with E-state index in [0.29, 0.717) is 12.0 Å². The van der Waals surface area contributed by atoms with Gasteiger partial charge in [0.05, 0.1) is 18.9 Å². The van der Waals surface area contributed by atoms with Crippen molar-refractivity contribution in [2.45, 2.75) is 51.2 Å². The van der Waals surface area contributed by atoms with Crippen LogP contribution in [0.15, 0.2) is 53.1 Å². The molecular formula is C21H29NO2. The fourth-order valence-electron chi connectivity index (χ4n) is 3.76. The summed E-state index contributed by atoms with van der Waals surface area (Å²) in [5.74, 6) is 1.56. The Hall–Kier alpha value is -1.58. The fourth-order valence-corrected chi connectivity index (χ4v) is 3.76. The lowest BCUT2D eigenvalue weighted by molar-refractivity contribution is -0.0469. The molecule has 0 unspecified atom stereocenters. The summed E-state index contributed by atoms with van der Waals surface area (Å²) < 4.78 is 11.4. The third-order valence-electron chi connectivity index (χ3n) is 5.29. The topological polar surface area (TPSA) is 34.4 Å². The molecule has 3 heteroatoms. The Balaban J connectivity index is 1.68. The van der Waals surface area contributed by atoms with E-state index in [1.54, 1.807) is 6.26 Å². The standard InChI is InChI=1S/C21H29NO2/c1-17(2)20-15-21(11-14-24-20,18-7-4-3-5-8-18)10-12-22-16-19-9-6-13-23-19/h3-9,13,17,20,22H,10-12,14-16H2,1-2H3/t20-,21+/m1/s1. The number of furan rings is 1. The lowest BCUT2D eigenvalue weighted by atomic mass is 9.68. The summed E-state index contributed by atoms with van der Waals surface area (Å²) in [7, 11) is 0. The van der Waals surface area contributed by atoms with Gasteiger partial charge in [-0.25, -0.2) is 0 Å². The Morgan fingerprint density at radius 3 is 2.71 bits per heavy atom. The van der Waals surface area contributed by atoms with Gasteiger partial charge in [0.25, 0.3) is 0 Å². The van der Waals surface area contributed by atoms with Crippen LogP contribution >= 0.6 is 0 Å². The lowest BCUT2D eigenvalue weighted by Crippen LogP contribution is -2.42. The molecule has 1 aliphatic rings. The van der Waals surface area contributed by atoms with Crippen LogP contribution in [0.4, 0.5) is 0 Å². The van der Waals surface area contributed by atoms with Crippen LogP contribution in [0.1, 0.15) is 44.4 Å². The molecule has 0 aliphatic carbocycles. The van der Waals surface area contributed by atoms with Crippen molar-refractivity contribution >= 4 is 0 Å². The zero-order valence-electron chi connectivity index (χ0n) is 14.8. The van der Waals surface area contributed by atoms with E-state index in [2.05, 4.69) is 49.5 Å². The van der Waals surface area contributed by atoms with Gasteiger partial charge in [0.15, 0.2) is 0 Å². The molecule has 1 N–H and O–H groups in total. The molecule has 2 atom stereocenters. The number of benzene rings is 1. The molecule has 3 rings (SSSR count). The molecule has 130 valence electrons. The summed E-state index contributed by atoms with van der Waals surface area (Å²) in [6, 6.07) is 15.0. The Morgan fingerprint density at radius 1 is 1.17 bits per heavy atom. The van der Waals surface area contributed by atoms with E-state index in [1.165, 1.54) is 5.56 Å². The van der Waals surface area contributed by atoms with Crippen LogP contribution < -0.4 is 5.32 Å². The average molecular weight is 327 g/mol. The van der Waals surface area contributed by atoms with Gasteiger partial charge in [0.2, 0.25) is 0 Å². The van der Waals surface area contributed by atoms with Crippen molar-refractivity contribution in [3.8, 4) is 0 Å². The maximum Gasteiger partial charge on any atom is 0.117 e. The summed E-state index contributed by atoms with van der Waals surface area (Å²) in [6.45, 7) is 7.17. The lowest BCUT2D eigenvalue weighted by Gasteiger charge is -2.43. The van der Waals surface area contributed by atoms with Crippen LogP contribution in [0, 0.1) is 5.92 Å². The van der Waals surface area contributed by atoms with Crippen LogP contribution in [0.2, 0.25) is 0 Å². The van der Waals surface area contributed by atoms with Crippen LogP contribution in [0.5, 0.6) is 0 Å². The number of nitrogens with one attached hydrogen (secondary N) is 1. The van der Waals surface area contributed by atoms with Crippen LogP contribution in [-0.2, 0) is 16.7 Å². The third kappa shape index (κ3) is 4.08. The number of hydrogen-bond donors (Lipinski definition) is 1. The molecule has 24 heavy (non-hydrogen) atoms. The summed E-state index contributed by atoms with van der Waals surface area (Å²) in [5, 5.41) is 3.54. The quantitative estimate of drug-likeness (QED) is 0.759. The van der Waals surface area contributed by atoms with E-state index in [0.717, 1.165) is 44.7 Å². The van der Waals surface area contributed by atoms with Gasteiger partial charge in [-0.1, -0.05) is 44.2 Å². The molecule has 1 aromatic carbocycles. The second-order valence-electron chi connectivity index (χ2n) is 7.26. The molecule has 0 bridgehead atoms. The summed E-state index contributed by atoms with van der Waals surface area (Å²) in [5.41, 5.74) is 1.67. The smallest absolute Gasteiger partial charge is 0.117 e. The molecule has 0 saturated carbocycles. The highest BCUT2D eigenvalue weighted by molar-refractivity contribution is 5.26. The van der Waals surface area contributed by atoms with Gasteiger partial charge >= 0.3 is 0 Å². The van der Waals surface area contributed by atoms with Crippen molar-refractivity contribution in [3.63, 3.8) is 0 Å². The molecule has 3 nitrogen and oxygen atoms in total. The molecule has 1 fully saturated rings. The largest absolute Gasteiger partial charge is 0.468 e. The van der Waals surface area contributed by atoms with Gasteiger partial charge in [-0.2, -0.15) is 0 Å². The van der Waals surface area contributed by atoms with Crippen molar-refractivity contribution in [1.82, 2.24) is 5.32 Å². The Morgan fingerprint density at radius 2 is 2.00 bits per heavy atom. The maximum atomic E-state index is 6.05. The molecule has 1 saturated heterocycles. The van der Waals surface area contributed by atoms with Gasteiger partial charge in [-0.05, 0) is 49.4 Å². The molecular weight excluding hydrogens is 298 g/mol. The number of ether oxygens (including phenoxy) is 1. The monoisotopic (exact) mass is 327 g/mol. The number of rotatable bonds is 7. The van der Waals surface area contributed by atoms with Crippen LogP contribution in [-0.4, -0.2) is 19.3 Å². The van der Waals surface area contributed by atoms with Crippen molar-refractivity contribution < 1.29 is 9.15 Å². The zero-order chi connectivity index (χ0) is 16.8. The Kier molecular flexibility index (Phi) is 5.75. The van der Waals surface area contributed by atoms with Gasteiger partial charge in [-0.15, -0.1) is 0 Å². The molecule has 2 heterocycles. The zero-order valence-corrected chi connectivity index (χ0v) is 14.8. The summed E-state index contributed by atoms with van der Waals surface area (Å²) in [6.07, 6.45) is 5.42. The van der Waals surface area contributed by atoms with Crippen LogP contribution in [0.3, 0.4) is 0 Å². The minimum atomic E-state index is 0.213. The maximum absolute atomic E-state index is 6.05. The van der Waals surface area contributed by atoms with Gasteiger partial charge in [0.1, 0.15) is 5.76 Å². The SMILES string of the molecule is CC(C)[C@H]1C[C@@](CCNCc2ccco2)(c2ccccc2)CCO1. The second kappa shape index (κ2) is 8.00. The summed E-state index contributed by atoms with van der Waals surface area (Å²) >= 11 is 0. The highest BCUT2D eigenvalue weighted by Crippen LogP contribution is 2.41. The van der Waals surface area contributed by atoms with E-state index in [9.17, 15) is 0 Å². The van der Waals surface area contributed by atoms with E-state index in [1.807, 2.05) is 12.1 Å². The molecule has 2 aromatic rings. The summed E-state index contributed by atoms with van der Waals surface area (Å²) in [4.78, 5) is 0. The van der Waals surface area contributed by atoms with Crippen molar-refractivity contribution in [1.29, 1.82) is 0 Å². The normalized spacial score (nSPS) is 24.4. The first-order valence-electron chi connectivity index (χ1n) is 9.10. The highest BCUT2D eigenvalue weighted by Gasteiger charge is 2.38. The molecule has 0 amide bonds. The molecule has 0 radical (unpaired) electrons. The minimum absolute atomic E-state index is 0.213. The van der Waals surface area contributed by atoms with Crippen molar-refractivity contribution in [2.24, 2.45) is 5.92 Å². The Bertz CT molecular complexity index is 594. The van der Waals surface area contributed by atoms with E-state index in [-0.39, 0.29) is 5.41 Å². The second-order valence-corrected chi connectivity index (χ2v) is 7.26. The number of hydrogen-bond acceptors (Lipinski definition) is 3. The predicted molar refractivity (Wildman–Crippen MR) is 97.0 cm³/mol. The first-order chi connectivity index (χ1) is 11.7. The van der Waals surface area contributed by atoms with Gasteiger partial charge < -0.3 is 14.5 Å². The fraction of sp³-hybridized carbons (Fsp3) is 0.524.